The monoisotopic (exact) mass is 829 g/mol. The quantitative estimate of drug-likeness (QED) is 0.106. The van der Waals surface area contributed by atoms with E-state index in [0.29, 0.717) is 0 Å². The topological polar surface area (TPSA) is 0 Å². The number of hydrogen-bond acceptors (Lipinski definition) is 0. The Kier molecular flexibility index (Phi) is 18.4. The van der Waals surface area contributed by atoms with Gasteiger partial charge in [0, 0.05) is 33.9 Å². The molecule has 0 amide bonds. The zero-order valence-electron chi connectivity index (χ0n) is 27.4. The smallest absolute Gasteiger partial charge is 0.00860 e. The molecular formula is C44H44P2Pt. The fourth-order valence-corrected chi connectivity index (χ4v) is 9.39. The molecule has 47 heavy (non-hydrogen) atoms. The Morgan fingerprint density at radius 2 is 0.489 bits per heavy atom. The molecule has 0 nitrogen and oxygen atoms in total. The van der Waals surface area contributed by atoms with Crippen molar-refractivity contribution in [3.8, 4) is 11.8 Å². The number of benzene rings is 6. The third-order valence-corrected chi connectivity index (χ3v) is 11.8. The normalized spacial score (nSPS) is 9.87. The molecule has 0 aliphatic heterocycles. The summed E-state index contributed by atoms with van der Waals surface area (Å²) in [6, 6.07) is 64.7. The molecule has 0 spiro atoms. The van der Waals surface area contributed by atoms with Crippen molar-refractivity contribution in [1.82, 2.24) is 0 Å². The second-order valence-corrected chi connectivity index (χ2v) is 15.0. The molecule has 0 atom stereocenters. The molecule has 0 bridgehead atoms. The van der Waals surface area contributed by atoms with Gasteiger partial charge in [0.25, 0.3) is 0 Å². The van der Waals surface area contributed by atoms with Gasteiger partial charge in [-0.15, -0.1) is 11.8 Å². The van der Waals surface area contributed by atoms with Gasteiger partial charge in [-0.1, -0.05) is 196 Å². The first-order valence-electron chi connectivity index (χ1n) is 16.2. The van der Waals surface area contributed by atoms with Gasteiger partial charge in [0.05, 0.1) is 0 Å². The Morgan fingerprint density at radius 1 is 0.319 bits per heavy atom. The third kappa shape index (κ3) is 12.9. The maximum atomic E-state index is 3.09. The summed E-state index contributed by atoms with van der Waals surface area (Å²) in [5.74, 6) is 6.17. The van der Waals surface area contributed by atoms with Crippen LogP contribution in [0.3, 0.4) is 0 Å². The molecular weight excluding hydrogens is 786 g/mol. The van der Waals surface area contributed by atoms with Gasteiger partial charge in [0.2, 0.25) is 0 Å². The summed E-state index contributed by atoms with van der Waals surface area (Å²) in [6.07, 6.45) is 4.52. The molecule has 0 N–H and O–H groups in total. The Bertz CT molecular complexity index is 1370. The molecule has 0 aliphatic rings. The van der Waals surface area contributed by atoms with Gasteiger partial charge in [0.15, 0.2) is 0 Å². The van der Waals surface area contributed by atoms with Crippen molar-refractivity contribution < 1.29 is 21.1 Å². The first-order valence-corrected chi connectivity index (χ1v) is 18.9. The van der Waals surface area contributed by atoms with E-state index >= 15 is 0 Å². The van der Waals surface area contributed by atoms with E-state index in [1.165, 1.54) is 44.7 Å². The summed E-state index contributed by atoms with van der Waals surface area (Å²) >= 11 is 0. The summed E-state index contributed by atoms with van der Waals surface area (Å²) in [5, 5.41) is 8.39. The average molecular weight is 830 g/mol. The molecule has 240 valence electrons. The van der Waals surface area contributed by atoms with Crippen molar-refractivity contribution in [3.63, 3.8) is 0 Å². The van der Waals surface area contributed by atoms with Crippen molar-refractivity contribution in [2.45, 2.75) is 39.5 Å². The zero-order valence-corrected chi connectivity index (χ0v) is 31.4. The first-order chi connectivity index (χ1) is 22.8. The van der Waals surface area contributed by atoms with Crippen LogP contribution in [0.2, 0.25) is 0 Å². The van der Waals surface area contributed by atoms with Gasteiger partial charge in [-0.05, 0) is 60.5 Å². The molecule has 0 unspecified atom stereocenters. The average Bonchev–Trinajstić information content (AvgIpc) is 3.14. The number of rotatable bonds is 8. The molecule has 0 radical (unpaired) electrons. The van der Waals surface area contributed by atoms with E-state index in [2.05, 4.69) is 208 Å². The van der Waals surface area contributed by atoms with Crippen LogP contribution in [0.5, 0.6) is 0 Å². The molecule has 0 aromatic heterocycles. The molecule has 0 aliphatic carbocycles. The van der Waals surface area contributed by atoms with Gasteiger partial charge in [0.1, 0.15) is 0 Å². The van der Waals surface area contributed by atoms with E-state index in [9.17, 15) is 0 Å². The summed E-state index contributed by atoms with van der Waals surface area (Å²) in [7, 11) is -0.892. The predicted octanol–water partition coefficient (Wildman–Crippen LogP) is 9.48. The third-order valence-electron chi connectivity index (χ3n) is 6.96. The largest absolute Gasteiger partial charge is 0.103 e. The molecule has 0 fully saturated rings. The SMILES string of the molecule is CCCC#CCCC.[Pt].c1ccc(P(c2ccccc2)c2ccccc2)cc1.c1ccc(P(c2ccccc2)c2ccccc2)cc1. The fourth-order valence-electron chi connectivity index (χ4n) is 4.78. The zero-order chi connectivity index (χ0) is 32.1. The Labute approximate surface area is 300 Å². The van der Waals surface area contributed by atoms with E-state index in [1.807, 2.05) is 0 Å². The standard InChI is InChI=1S/2C18H15P.C8H14.Pt/c2*1-4-10-16(11-5-1)19(17-12-6-2-7-13-17)18-14-8-3-9-15-18;1-3-5-7-8-6-4-2;/h2*1-15H;3-6H2,1-2H3;. The van der Waals surface area contributed by atoms with Gasteiger partial charge in [-0.2, -0.15) is 0 Å². The van der Waals surface area contributed by atoms with Crippen LogP contribution >= 0.6 is 15.8 Å². The molecule has 6 aromatic carbocycles. The molecule has 6 aromatic rings. The molecule has 6 rings (SSSR count). The maximum absolute atomic E-state index is 3.09. The van der Waals surface area contributed by atoms with E-state index in [0.717, 1.165) is 12.8 Å². The Morgan fingerprint density at radius 3 is 0.638 bits per heavy atom. The van der Waals surface area contributed by atoms with Crippen molar-refractivity contribution in [2.75, 3.05) is 0 Å². The van der Waals surface area contributed by atoms with Gasteiger partial charge < -0.3 is 0 Å². The number of unbranched alkanes of at least 4 members (excludes halogenated alkanes) is 2. The summed E-state index contributed by atoms with van der Waals surface area (Å²) < 4.78 is 0. The van der Waals surface area contributed by atoms with Crippen LogP contribution in [-0.4, -0.2) is 0 Å². The second kappa shape index (κ2) is 22.9. The predicted molar refractivity (Wildman–Crippen MR) is 208 cm³/mol. The van der Waals surface area contributed by atoms with E-state index in [1.54, 1.807) is 0 Å². The van der Waals surface area contributed by atoms with Crippen LogP contribution in [0, 0.1) is 11.8 Å². The van der Waals surface area contributed by atoms with Gasteiger partial charge >= 0.3 is 0 Å². The van der Waals surface area contributed by atoms with E-state index in [4.69, 9.17) is 0 Å². The van der Waals surface area contributed by atoms with Crippen LogP contribution < -0.4 is 31.8 Å². The Balaban J connectivity index is 0.000000206. The molecule has 0 saturated heterocycles. The van der Waals surface area contributed by atoms with Gasteiger partial charge in [-0.3, -0.25) is 0 Å². The molecule has 0 saturated carbocycles. The molecule has 0 heterocycles. The van der Waals surface area contributed by atoms with Crippen molar-refractivity contribution in [1.29, 1.82) is 0 Å². The van der Waals surface area contributed by atoms with Crippen LogP contribution in [0.15, 0.2) is 182 Å². The summed E-state index contributed by atoms with van der Waals surface area (Å²) in [5.41, 5.74) is 0. The van der Waals surface area contributed by atoms with E-state index in [-0.39, 0.29) is 21.1 Å². The van der Waals surface area contributed by atoms with Crippen LogP contribution in [0.25, 0.3) is 0 Å². The van der Waals surface area contributed by atoms with Crippen LogP contribution in [0.4, 0.5) is 0 Å². The number of hydrogen-bond donors (Lipinski definition) is 0. The van der Waals surface area contributed by atoms with Crippen molar-refractivity contribution in [3.05, 3.63) is 182 Å². The minimum Gasteiger partial charge on any atom is -0.103 e. The van der Waals surface area contributed by atoms with Crippen LogP contribution in [-0.2, 0) is 21.1 Å². The fraction of sp³-hybridized carbons (Fsp3) is 0.136. The maximum Gasteiger partial charge on any atom is 0.00860 e. The second-order valence-electron chi connectivity index (χ2n) is 10.5. The van der Waals surface area contributed by atoms with E-state index < -0.39 is 15.8 Å². The van der Waals surface area contributed by atoms with Crippen molar-refractivity contribution >= 4 is 47.7 Å². The minimum atomic E-state index is -0.446. The van der Waals surface area contributed by atoms with Crippen molar-refractivity contribution in [2.24, 2.45) is 0 Å². The summed E-state index contributed by atoms with van der Waals surface area (Å²) in [4.78, 5) is 0. The van der Waals surface area contributed by atoms with Gasteiger partial charge in [-0.25, -0.2) is 0 Å². The first kappa shape index (κ1) is 37.9. The summed E-state index contributed by atoms with van der Waals surface area (Å²) in [6.45, 7) is 4.31. The molecule has 3 heteroatoms. The Hall–Kier alpha value is -3.57. The minimum absolute atomic E-state index is 0. The van der Waals surface area contributed by atoms with Crippen LogP contribution in [0.1, 0.15) is 39.5 Å².